The summed E-state index contributed by atoms with van der Waals surface area (Å²) in [6, 6.07) is 18.1. The topological polar surface area (TPSA) is 41.9 Å². The minimum absolute atomic E-state index is 0. The van der Waals surface area contributed by atoms with Gasteiger partial charge in [-0.3, -0.25) is 0 Å². The first-order valence-corrected chi connectivity index (χ1v) is 9.68. The molecule has 5 heteroatoms. The second-order valence-electron chi connectivity index (χ2n) is 7.81. The molecular weight excluding hydrogens is 374 g/mol. The highest BCUT2D eigenvalue weighted by molar-refractivity contribution is 5.85. The molecule has 0 unspecified atom stereocenters. The van der Waals surface area contributed by atoms with Gasteiger partial charge in [0.15, 0.2) is 0 Å². The minimum atomic E-state index is -0.856. The highest BCUT2D eigenvalue weighted by atomic mass is 35.5. The van der Waals surface area contributed by atoms with Crippen molar-refractivity contribution in [2.24, 2.45) is 5.92 Å². The van der Waals surface area contributed by atoms with Crippen molar-refractivity contribution < 1.29 is 14.6 Å². The second-order valence-corrected chi connectivity index (χ2v) is 7.81. The summed E-state index contributed by atoms with van der Waals surface area (Å²) in [6.07, 6.45) is 2.56. The van der Waals surface area contributed by atoms with Gasteiger partial charge in [0.1, 0.15) is 5.75 Å². The Hall–Kier alpha value is -1.59. The summed E-state index contributed by atoms with van der Waals surface area (Å²) in [7, 11) is 5.77. The Bertz CT molecular complexity index is 725. The number of hydrogen-bond acceptors (Lipinski definition) is 4. The lowest BCUT2D eigenvalue weighted by Crippen LogP contribution is -2.46. The molecule has 1 fully saturated rings. The maximum Gasteiger partial charge on any atom is 0.119 e. The summed E-state index contributed by atoms with van der Waals surface area (Å²) in [4.78, 5) is 2.15. The van der Waals surface area contributed by atoms with Crippen molar-refractivity contribution in [3.05, 3.63) is 65.7 Å². The Morgan fingerprint density at radius 1 is 1.11 bits per heavy atom. The molecule has 4 nitrogen and oxygen atoms in total. The zero-order chi connectivity index (χ0) is 19.3. The highest BCUT2D eigenvalue weighted by Gasteiger charge is 2.44. The molecule has 154 valence electrons. The Morgan fingerprint density at radius 2 is 1.86 bits per heavy atom. The number of aliphatic hydroxyl groups is 1. The summed E-state index contributed by atoms with van der Waals surface area (Å²) < 4.78 is 11.6. The molecule has 2 aromatic rings. The molecule has 1 N–H and O–H groups in total. The molecule has 0 heterocycles. The molecule has 1 aliphatic rings. The minimum Gasteiger partial charge on any atom is -0.497 e. The molecule has 0 spiro atoms. The van der Waals surface area contributed by atoms with Crippen molar-refractivity contribution >= 4 is 12.4 Å². The van der Waals surface area contributed by atoms with Gasteiger partial charge >= 0.3 is 0 Å². The molecule has 2 aromatic carbocycles. The van der Waals surface area contributed by atoms with Gasteiger partial charge in [-0.15, -0.1) is 12.4 Å². The predicted molar refractivity (Wildman–Crippen MR) is 115 cm³/mol. The van der Waals surface area contributed by atoms with Crippen LogP contribution in [0.2, 0.25) is 0 Å². The van der Waals surface area contributed by atoms with E-state index in [2.05, 4.69) is 31.1 Å². The number of rotatable bonds is 7. The van der Waals surface area contributed by atoms with E-state index in [0.717, 1.165) is 30.7 Å². The van der Waals surface area contributed by atoms with Crippen LogP contribution in [0.1, 0.15) is 30.4 Å². The van der Waals surface area contributed by atoms with Crippen LogP contribution in [0, 0.1) is 5.92 Å². The summed E-state index contributed by atoms with van der Waals surface area (Å²) in [5.41, 5.74) is 1.27. The van der Waals surface area contributed by atoms with Crippen molar-refractivity contribution in [2.45, 2.75) is 37.6 Å². The molecule has 0 aromatic heterocycles. The van der Waals surface area contributed by atoms with E-state index in [1.54, 1.807) is 7.11 Å². The van der Waals surface area contributed by atoms with Crippen LogP contribution in [-0.2, 0) is 16.9 Å². The normalized spacial score (nSPS) is 24.6. The van der Waals surface area contributed by atoms with Crippen molar-refractivity contribution in [1.82, 2.24) is 4.90 Å². The third-order valence-corrected chi connectivity index (χ3v) is 5.55. The van der Waals surface area contributed by atoms with Crippen molar-refractivity contribution in [1.29, 1.82) is 0 Å². The molecule has 28 heavy (non-hydrogen) atoms. The van der Waals surface area contributed by atoms with Crippen LogP contribution in [0.4, 0.5) is 0 Å². The first-order chi connectivity index (χ1) is 13.0. The van der Waals surface area contributed by atoms with Crippen LogP contribution in [0.25, 0.3) is 0 Å². The summed E-state index contributed by atoms with van der Waals surface area (Å²) in [5, 5.41) is 11.6. The Kier molecular flexibility index (Phi) is 8.32. The number of methoxy groups -OCH3 is 1. The predicted octanol–water partition coefficient (Wildman–Crippen LogP) is 4.25. The van der Waals surface area contributed by atoms with Gasteiger partial charge in [0, 0.05) is 12.5 Å². The number of halogens is 1. The Labute approximate surface area is 174 Å². The molecule has 1 aliphatic carbocycles. The largest absolute Gasteiger partial charge is 0.497 e. The van der Waals surface area contributed by atoms with Gasteiger partial charge in [0.25, 0.3) is 0 Å². The first kappa shape index (κ1) is 22.7. The SMILES string of the molecule is COc1cccc([C@]2(O)CC[C@@H](OCc3ccccc3)C[C@H]2CN(C)C)c1.Cl. The van der Waals surface area contributed by atoms with E-state index in [9.17, 15) is 5.11 Å². The van der Waals surface area contributed by atoms with Gasteiger partial charge in [-0.05, 0) is 56.6 Å². The number of ether oxygens (including phenoxy) is 2. The average molecular weight is 406 g/mol. The lowest BCUT2D eigenvalue weighted by Gasteiger charge is -2.44. The average Bonchev–Trinajstić information content (AvgIpc) is 2.69. The van der Waals surface area contributed by atoms with Crippen molar-refractivity contribution in [3.8, 4) is 5.75 Å². The van der Waals surface area contributed by atoms with Gasteiger partial charge in [-0.1, -0.05) is 42.5 Å². The van der Waals surface area contributed by atoms with E-state index in [1.807, 2.05) is 42.5 Å². The molecule has 0 saturated heterocycles. The maximum atomic E-state index is 11.6. The lowest BCUT2D eigenvalue weighted by atomic mass is 9.70. The van der Waals surface area contributed by atoms with Crippen molar-refractivity contribution in [2.75, 3.05) is 27.7 Å². The fraction of sp³-hybridized carbons (Fsp3) is 0.478. The Morgan fingerprint density at radius 3 is 2.54 bits per heavy atom. The number of nitrogens with zero attached hydrogens (tertiary/aromatic N) is 1. The zero-order valence-electron chi connectivity index (χ0n) is 17.0. The monoisotopic (exact) mass is 405 g/mol. The third-order valence-electron chi connectivity index (χ3n) is 5.55. The molecule has 0 aliphatic heterocycles. The van der Waals surface area contributed by atoms with E-state index >= 15 is 0 Å². The molecule has 0 radical (unpaired) electrons. The van der Waals surface area contributed by atoms with Crippen LogP contribution in [-0.4, -0.2) is 43.9 Å². The summed E-state index contributed by atoms with van der Waals surface area (Å²) >= 11 is 0. The Balaban J connectivity index is 0.00000280. The summed E-state index contributed by atoms with van der Waals surface area (Å²) in [6.45, 7) is 1.44. The van der Waals surface area contributed by atoms with Gasteiger partial charge < -0.3 is 19.5 Å². The van der Waals surface area contributed by atoms with Crippen LogP contribution < -0.4 is 4.74 Å². The van der Waals surface area contributed by atoms with Crippen LogP contribution in [0.15, 0.2) is 54.6 Å². The molecule has 3 atom stereocenters. The van der Waals surface area contributed by atoms with Crippen molar-refractivity contribution in [3.63, 3.8) is 0 Å². The van der Waals surface area contributed by atoms with E-state index in [4.69, 9.17) is 9.47 Å². The molecule has 0 bridgehead atoms. The highest BCUT2D eigenvalue weighted by Crippen LogP contribution is 2.43. The quantitative estimate of drug-likeness (QED) is 0.747. The maximum absolute atomic E-state index is 11.6. The zero-order valence-corrected chi connectivity index (χ0v) is 17.8. The molecule has 0 amide bonds. The molecule has 3 rings (SSSR count). The van der Waals surface area contributed by atoms with E-state index in [1.165, 1.54) is 5.56 Å². The third kappa shape index (κ3) is 5.48. The van der Waals surface area contributed by atoms with E-state index < -0.39 is 5.60 Å². The molecular formula is C23H32ClNO3. The number of hydrogen-bond donors (Lipinski definition) is 1. The van der Waals surface area contributed by atoms with E-state index in [-0.39, 0.29) is 24.4 Å². The molecule has 1 saturated carbocycles. The van der Waals surface area contributed by atoms with Crippen LogP contribution in [0.3, 0.4) is 0 Å². The second kappa shape index (κ2) is 10.3. The standard InChI is InChI=1S/C23H31NO3.ClH/c1-24(2)16-20-15-22(27-17-18-8-5-4-6-9-18)12-13-23(20,25)19-10-7-11-21(14-19)26-3;/h4-11,14,20,22,25H,12-13,15-17H2,1-3H3;1H/t20-,22+,23+;/m0./s1. The fourth-order valence-corrected chi connectivity index (χ4v) is 4.09. The van der Waals surface area contributed by atoms with Gasteiger partial charge in [-0.25, -0.2) is 0 Å². The van der Waals surface area contributed by atoms with Gasteiger partial charge in [0.05, 0.1) is 25.4 Å². The smallest absolute Gasteiger partial charge is 0.119 e. The summed E-state index contributed by atoms with van der Waals surface area (Å²) in [5.74, 6) is 0.890. The van der Waals surface area contributed by atoms with Crippen LogP contribution >= 0.6 is 12.4 Å². The number of benzene rings is 2. The van der Waals surface area contributed by atoms with Gasteiger partial charge in [0.2, 0.25) is 0 Å². The van der Waals surface area contributed by atoms with Gasteiger partial charge in [-0.2, -0.15) is 0 Å². The lowest BCUT2D eigenvalue weighted by molar-refractivity contribution is -0.110. The first-order valence-electron chi connectivity index (χ1n) is 9.68. The fourth-order valence-electron chi connectivity index (χ4n) is 4.09. The van der Waals surface area contributed by atoms with E-state index in [0.29, 0.717) is 13.0 Å². The van der Waals surface area contributed by atoms with Crippen LogP contribution in [0.5, 0.6) is 5.75 Å².